The second kappa shape index (κ2) is 6.55. The second-order valence-electron chi connectivity index (χ2n) is 4.22. The molecule has 0 bridgehead atoms. The summed E-state index contributed by atoms with van der Waals surface area (Å²) in [5, 5.41) is 0. The monoisotopic (exact) mass is 329 g/mol. The minimum Gasteiger partial charge on any atom is -0.207 e. The molecule has 0 aromatic heterocycles. The number of hydrogen-bond acceptors (Lipinski definition) is 3. The summed E-state index contributed by atoms with van der Waals surface area (Å²) in [5.41, 5.74) is 0.702. The molecule has 2 aromatic rings. The van der Waals surface area contributed by atoms with E-state index in [0.29, 0.717) is 5.56 Å². The van der Waals surface area contributed by atoms with Crippen LogP contribution in [0.25, 0.3) is 0 Å². The van der Waals surface area contributed by atoms with Gasteiger partial charge in [-0.2, -0.15) is 0 Å². The van der Waals surface area contributed by atoms with Crippen molar-refractivity contribution in [3.05, 3.63) is 59.7 Å². The molecule has 2 aromatic carbocycles. The smallest absolute Gasteiger partial charge is 0.207 e. The van der Waals surface area contributed by atoms with Gasteiger partial charge in [0.05, 0.1) is 0 Å². The average Bonchev–Trinajstić information content (AvgIpc) is 2.45. The summed E-state index contributed by atoms with van der Waals surface area (Å²) in [6.07, 6.45) is 1.93. The Bertz CT molecular complexity index is 711. The van der Waals surface area contributed by atoms with Gasteiger partial charge in [0.1, 0.15) is 11.6 Å². The van der Waals surface area contributed by atoms with Crippen molar-refractivity contribution in [2.45, 2.75) is 16.3 Å². The molecule has 0 fully saturated rings. The van der Waals surface area contributed by atoms with Crippen molar-refractivity contribution in [1.82, 2.24) is 4.72 Å². The fourth-order valence-electron chi connectivity index (χ4n) is 1.73. The molecule has 0 saturated heterocycles. The van der Waals surface area contributed by atoms with E-state index in [0.717, 1.165) is 23.1 Å². The van der Waals surface area contributed by atoms with Gasteiger partial charge >= 0.3 is 0 Å². The molecule has 0 aliphatic heterocycles. The van der Waals surface area contributed by atoms with Crippen molar-refractivity contribution in [3.8, 4) is 0 Å². The normalized spacial score (nSPS) is 11.6. The van der Waals surface area contributed by atoms with Gasteiger partial charge in [0.2, 0.25) is 10.0 Å². The Hall–Kier alpha value is -1.44. The minimum absolute atomic E-state index is 0.0369. The standard InChI is InChI=1S/C14H13F2NO2S2/c1-20-11-7-5-10(6-8-11)9-17-21(18,19)14-12(15)3-2-4-13(14)16/h2-8,17H,9H2,1H3. The Kier molecular flexibility index (Phi) is 4.97. The molecule has 0 amide bonds. The molecule has 0 atom stereocenters. The van der Waals surface area contributed by atoms with E-state index in [1.54, 1.807) is 23.9 Å². The van der Waals surface area contributed by atoms with Gasteiger partial charge in [0.25, 0.3) is 0 Å². The Morgan fingerprint density at radius 3 is 2.14 bits per heavy atom. The van der Waals surface area contributed by atoms with E-state index >= 15 is 0 Å². The molecule has 7 heteroatoms. The van der Waals surface area contributed by atoms with Gasteiger partial charge in [-0.05, 0) is 36.1 Å². The van der Waals surface area contributed by atoms with Gasteiger partial charge in [-0.25, -0.2) is 21.9 Å². The molecule has 2 rings (SSSR count). The van der Waals surface area contributed by atoms with Crippen LogP contribution in [-0.2, 0) is 16.6 Å². The Morgan fingerprint density at radius 2 is 1.62 bits per heavy atom. The number of sulfonamides is 1. The van der Waals surface area contributed by atoms with Gasteiger partial charge in [-0.3, -0.25) is 0 Å². The molecule has 112 valence electrons. The summed E-state index contributed by atoms with van der Waals surface area (Å²) < 4.78 is 53.2. The average molecular weight is 329 g/mol. The Morgan fingerprint density at radius 1 is 1.05 bits per heavy atom. The van der Waals surface area contributed by atoms with Gasteiger partial charge in [0, 0.05) is 11.4 Å². The van der Waals surface area contributed by atoms with E-state index in [2.05, 4.69) is 4.72 Å². The van der Waals surface area contributed by atoms with Crippen LogP contribution < -0.4 is 4.72 Å². The molecular formula is C14H13F2NO2S2. The highest BCUT2D eigenvalue weighted by atomic mass is 32.2. The van der Waals surface area contributed by atoms with Crippen molar-refractivity contribution < 1.29 is 17.2 Å². The van der Waals surface area contributed by atoms with Crippen LogP contribution in [0, 0.1) is 11.6 Å². The molecule has 21 heavy (non-hydrogen) atoms. The van der Waals surface area contributed by atoms with Gasteiger partial charge in [-0.1, -0.05) is 18.2 Å². The van der Waals surface area contributed by atoms with Crippen molar-refractivity contribution in [1.29, 1.82) is 0 Å². The molecule has 3 nitrogen and oxygen atoms in total. The van der Waals surface area contributed by atoms with E-state index in [1.165, 1.54) is 0 Å². The molecular weight excluding hydrogens is 316 g/mol. The number of hydrogen-bond donors (Lipinski definition) is 1. The summed E-state index contributed by atoms with van der Waals surface area (Å²) in [6, 6.07) is 10.1. The van der Waals surface area contributed by atoms with Crippen molar-refractivity contribution in [2.75, 3.05) is 6.26 Å². The van der Waals surface area contributed by atoms with Crippen LogP contribution in [0.2, 0.25) is 0 Å². The van der Waals surface area contributed by atoms with Crippen LogP contribution in [0.15, 0.2) is 52.3 Å². The minimum atomic E-state index is -4.24. The largest absolute Gasteiger partial charge is 0.246 e. The molecule has 0 spiro atoms. The summed E-state index contributed by atoms with van der Waals surface area (Å²) in [4.78, 5) is 0.0903. The Labute approximate surface area is 126 Å². The first-order chi connectivity index (χ1) is 9.94. The highest BCUT2D eigenvalue weighted by Gasteiger charge is 2.23. The fourth-order valence-corrected chi connectivity index (χ4v) is 3.29. The zero-order chi connectivity index (χ0) is 15.5. The molecule has 0 aliphatic rings. The summed E-state index contributed by atoms with van der Waals surface area (Å²) in [6.45, 7) is -0.0369. The third-order valence-corrected chi connectivity index (χ3v) is 5.01. The summed E-state index contributed by atoms with van der Waals surface area (Å²) >= 11 is 1.56. The van der Waals surface area contributed by atoms with E-state index in [-0.39, 0.29) is 6.54 Å². The molecule has 1 N–H and O–H groups in total. The lowest BCUT2D eigenvalue weighted by Crippen LogP contribution is -2.25. The first-order valence-corrected chi connectivity index (χ1v) is 8.71. The maximum Gasteiger partial charge on any atom is 0.246 e. The predicted octanol–water partition coefficient (Wildman–Crippen LogP) is 3.17. The lowest BCUT2D eigenvalue weighted by Gasteiger charge is -2.09. The zero-order valence-electron chi connectivity index (χ0n) is 11.1. The second-order valence-corrected chi connectivity index (χ2v) is 6.81. The molecule has 0 heterocycles. The van der Waals surface area contributed by atoms with Crippen molar-refractivity contribution in [3.63, 3.8) is 0 Å². The number of rotatable bonds is 5. The number of thioether (sulfide) groups is 1. The lowest BCUT2D eigenvalue weighted by atomic mass is 10.2. The first kappa shape index (κ1) is 15.9. The molecule has 0 saturated carbocycles. The Balaban J connectivity index is 2.18. The molecule has 0 aliphatic carbocycles. The lowest BCUT2D eigenvalue weighted by molar-refractivity contribution is 0.514. The van der Waals surface area contributed by atoms with E-state index in [4.69, 9.17) is 0 Å². The van der Waals surface area contributed by atoms with Crippen molar-refractivity contribution >= 4 is 21.8 Å². The van der Waals surface area contributed by atoms with E-state index in [9.17, 15) is 17.2 Å². The summed E-state index contributed by atoms with van der Waals surface area (Å²) in [5.74, 6) is -2.22. The molecule has 0 radical (unpaired) electrons. The first-order valence-electron chi connectivity index (χ1n) is 6.00. The van der Waals surface area contributed by atoms with E-state index < -0.39 is 26.6 Å². The van der Waals surface area contributed by atoms with Crippen LogP contribution in [0.4, 0.5) is 8.78 Å². The highest BCUT2D eigenvalue weighted by molar-refractivity contribution is 7.98. The predicted molar refractivity (Wildman–Crippen MR) is 78.6 cm³/mol. The van der Waals surface area contributed by atoms with Crippen LogP contribution in [-0.4, -0.2) is 14.7 Å². The molecule has 0 unspecified atom stereocenters. The highest BCUT2D eigenvalue weighted by Crippen LogP contribution is 2.19. The van der Waals surface area contributed by atoms with Gasteiger partial charge in [0.15, 0.2) is 4.90 Å². The number of halogens is 2. The van der Waals surface area contributed by atoms with Crippen molar-refractivity contribution in [2.24, 2.45) is 0 Å². The van der Waals surface area contributed by atoms with E-state index in [1.807, 2.05) is 18.4 Å². The number of nitrogens with one attached hydrogen (secondary N) is 1. The zero-order valence-corrected chi connectivity index (χ0v) is 12.8. The van der Waals surface area contributed by atoms with Crippen LogP contribution >= 0.6 is 11.8 Å². The van der Waals surface area contributed by atoms with Crippen LogP contribution in [0.1, 0.15) is 5.56 Å². The third kappa shape index (κ3) is 3.81. The topological polar surface area (TPSA) is 46.2 Å². The number of benzene rings is 2. The van der Waals surface area contributed by atoms with Gasteiger partial charge < -0.3 is 0 Å². The maximum atomic E-state index is 13.5. The SMILES string of the molecule is CSc1ccc(CNS(=O)(=O)c2c(F)cccc2F)cc1. The van der Waals surface area contributed by atoms with Crippen LogP contribution in [0.5, 0.6) is 0 Å². The van der Waals surface area contributed by atoms with Gasteiger partial charge in [-0.15, -0.1) is 11.8 Å². The van der Waals surface area contributed by atoms with Crippen LogP contribution in [0.3, 0.4) is 0 Å². The summed E-state index contributed by atoms with van der Waals surface area (Å²) in [7, 11) is -4.24. The third-order valence-electron chi connectivity index (χ3n) is 2.81. The maximum absolute atomic E-state index is 13.5. The quantitative estimate of drug-likeness (QED) is 0.857. The fraction of sp³-hybridized carbons (Fsp3) is 0.143.